The average molecular weight is 327 g/mol. The Morgan fingerprint density at radius 1 is 1.38 bits per heavy atom. The number of nitrogens with zero attached hydrogens (tertiary/aromatic N) is 3. The molecular weight excluding hydrogens is 311 g/mol. The van der Waals surface area contributed by atoms with Gasteiger partial charge in [0, 0.05) is 0 Å². The van der Waals surface area contributed by atoms with Gasteiger partial charge in [-0.2, -0.15) is 5.10 Å². The summed E-state index contributed by atoms with van der Waals surface area (Å²) in [6.45, 7) is 2.20. The van der Waals surface area contributed by atoms with Gasteiger partial charge >= 0.3 is 0 Å². The molecule has 0 unspecified atom stereocenters. The van der Waals surface area contributed by atoms with Gasteiger partial charge in [-0.05, 0) is 24.1 Å². The summed E-state index contributed by atoms with van der Waals surface area (Å²) >= 11 is 12.0. The summed E-state index contributed by atoms with van der Waals surface area (Å²) in [6.07, 6.45) is 4.67. The lowest BCUT2D eigenvalue weighted by molar-refractivity contribution is -0.122. The van der Waals surface area contributed by atoms with Crippen molar-refractivity contribution in [2.45, 2.75) is 32.4 Å². The summed E-state index contributed by atoms with van der Waals surface area (Å²) < 4.78 is 1.48. The van der Waals surface area contributed by atoms with E-state index in [1.54, 1.807) is 12.1 Å². The summed E-state index contributed by atoms with van der Waals surface area (Å²) in [7, 11) is 0. The molecule has 1 heterocycles. The van der Waals surface area contributed by atoms with E-state index in [1.807, 2.05) is 6.07 Å². The van der Waals surface area contributed by atoms with E-state index < -0.39 is 0 Å². The van der Waals surface area contributed by atoms with Crippen molar-refractivity contribution in [1.29, 1.82) is 0 Å². The second kappa shape index (κ2) is 7.43. The molecular formula is C14H16Cl2N4O. The zero-order chi connectivity index (χ0) is 15.2. The van der Waals surface area contributed by atoms with Gasteiger partial charge in [0.15, 0.2) is 0 Å². The number of hydrogen-bond donors (Lipinski definition) is 1. The Kier molecular flexibility index (Phi) is 5.59. The largest absolute Gasteiger partial charge is 0.348 e. The Hall–Kier alpha value is -1.59. The van der Waals surface area contributed by atoms with Gasteiger partial charge in [-0.25, -0.2) is 9.67 Å². The molecule has 0 saturated carbocycles. The third kappa shape index (κ3) is 4.44. The van der Waals surface area contributed by atoms with E-state index in [4.69, 9.17) is 23.2 Å². The molecule has 2 aromatic rings. The van der Waals surface area contributed by atoms with Crippen molar-refractivity contribution < 1.29 is 4.79 Å². The van der Waals surface area contributed by atoms with Gasteiger partial charge in [0.25, 0.3) is 0 Å². The minimum Gasteiger partial charge on any atom is -0.348 e. The molecule has 0 radical (unpaired) electrons. The minimum atomic E-state index is -0.120. The molecule has 1 aromatic heterocycles. The number of benzene rings is 1. The summed E-state index contributed by atoms with van der Waals surface area (Å²) in [5.74, 6) is -0.120. The maximum absolute atomic E-state index is 12.1. The predicted molar refractivity (Wildman–Crippen MR) is 82.3 cm³/mol. The highest BCUT2D eigenvalue weighted by Gasteiger charge is 2.15. The van der Waals surface area contributed by atoms with Crippen molar-refractivity contribution >= 4 is 29.1 Å². The lowest BCUT2D eigenvalue weighted by atomic mass is 10.0. The van der Waals surface area contributed by atoms with Gasteiger partial charge in [0.2, 0.25) is 5.91 Å². The van der Waals surface area contributed by atoms with E-state index in [9.17, 15) is 4.79 Å². The predicted octanol–water partition coefficient (Wildman–Crippen LogP) is 3.24. The number of halogens is 2. The second-order valence-corrected chi connectivity index (χ2v) is 5.49. The van der Waals surface area contributed by atoms with Gasteiger partial charge < -0.3 is 5.32 Å². The summed E-state index contributed by atoms with van der Waals surface area (Å²) in [5.41, 5.74) is 0.943. The summed E-state index contributed by atoms with van der Waals surface area (Å²) in [6, 6.07) is 5.32. The minimum absolute atomic E-state index is 0.0965. The topological polar surface area (TPSA) is 59.8 Å². The fourth-order valence-electron chi connectivity index (χ4n) is 2.04. The molecule has 1 amide bonds. The van der Waals surface area contributed by atoms with Crippen LogP contribution in [0.4, 0.5) is 0 Å². The molecule has 0 aliphatic carbocycles. The third-order valence-corrected chi connectivity index (χ3v) is 3.77. The highest BCUT2D eigenvalue weighted by molar-refractivity contribution is 6.42. The summed E-state index contributed by atoms with van der Waals surface area (Å²) in [5, 5.41) is 7.90. The summed E-state index contributed by atoms with van der Waals surface area (Å²) in [4.78, 5) is 15.9. The molecule has 2 rings (SSSR count). The zero-order valence-electron chi connectivity index (χ0n) is 11.6. The maximum Gasteiger partial charge on any atom is 0.242 e. The highest BCUT2D eigenvalue weighted by atomic mass is 35.5. The number of aromatic nitrogens is 3. The maximum atomic E-state index is 12.1. The Bertz CT molecular complexity index is 601. The van der Waals surface area contributed by atoms with Crippen molar-refractivity contribution in [3.63, 3.8) is 0 Å². The number of carbonyl (C=O) groups is 1. The smallest absolute Gasteiger partial charge is 0.242 e. The van der Waals surface area contributed by atoms with Gasteiger partial charge in [0.1, 0.15) is 19.2 Å². The SMILES string of the molecule is CCC[C@@H](NC(=O)Cn1cncn1)c1ccc(Cl)c(Cl)c1. The first-order chi connectivity index (χ1) is 10.1. The third-order valence-electron chi connectivity index (χ3n) is 3.03. The fraction of sp³-hybridized carbons (Fsp3) is 0.357. The van der Waals surface area contributed by atoms with Crippen LogP contribution in [0.5, 0.6) is 0 Å². The van der Waals surface area contributed by atoms with Gasteiger partial charge in [-0.3, -0.25) is 4.79 Å². The van der Waals surface area contributed by atoms with Crippen LogP contribution >= 0.6 is 23.2 Å². The van der Waals surface area contributed by atoms with Crippen molar-refractivity contribution in [3.05, 3.63) is 46.5 Å². The Morgan fingerprint density at radius 3 is 2.81 bits per heavy atom. The molecule has 0 aliphatic heterocycles. The van der Waals surface area contributed by atoms with Crippen molar-refractivity contribution in [2.75, 3.05) is 0 Å². The first kappa shape index (κ1) is 15.8. The van der Waals surface area contributed by atoms with Crippen LogP contribution in [-0.4, -0.2) is 20.7 Å². The molecule has 112 valence electrons. The van der Waals surface area contributed by atoms with Crippen LogP contribution < -0.4 is 5.32 Å². The number of carbonyl (C=O) groups excluding carboxylic acids is 1. The quantitative estimate of drug-likeness (QED) is 0.886. The average Bonchev–Trinajstić information content (AvgIpc) is 2.94. The molecule has 1 N–H and O–H groups in total. The van der Waals surface area contributed by atoms with E-state index in [1.165, 1.54) is 17.3 Å². The first-order valence-electron chi connectivity index (χ1n) is 6.67. The molecule has 1 aromatic carbocycles. The van der Waals surface area contributed by atoms with Crippen LogP contribution in [0.15, 0.2) is 30.9 Å². The second-order valence-electron chi connectivity index (χ2n) is 4.68. The fourth-order valence-corrected chi connectivity index (χ4v) is 2.35. The van der Waals surface area contributed by atoms with Crippen LogP contribution in [0.3, 0.4) is 0 Å². The Labute approximate surface area is 133 Å². The lowest BCUT2D eigenvalue weighted by Crippen LogP contribution is -2.31. The number of amides is 1. The van der Waals surface area contributed by atoms with Crippen LogP contribution in [0, 0.1) is 0 Å². The van der Waals surface area contributed by atoms with Gasteiger partial charge in [-0.1, -0.05) is 42.6 Å². The molecule has 0 bridgehead atoms. The van der Waals surface area contributed by atoms with E-state index in [-0.39, 0.29) is 18.5 Å². The molecule has 0 saturated heterocycles. The highest BCUT2D eigenvalue weighted by Crippen LogP contribution is 2.27. The number of rotatable bonds is 6. The lowest BCUT2D eigenvalue weighted by Gasteiger charge is -2.19. The van der Waals surface area contributed by atoms with Crippen LogP contribution in [0.25, 0.3) is 0 Å². The van der Waals surface area contributed by atoms with Crippen LogP contribution in [-0.2, 0) is 11.3 Å². The van der Waals surface area contributed by atoms with E-state index in [0.717, 1.165) is 18.4 Å². The van der Waals surface area contributed by atoms with Crippen molar-refractivity contribution in [2.24, 2.45) is 0 Å². The number of hydrogen-bond acceptors (Lipinski definition) is 3. The number of nitrogens with one attached hydrogen (secondary N) is 1. The first-order valence-corrected chi connectivity index (χ1v) is 7.42. The standard InChI is InChI=1S/C14H16Cl2N4O/c1-2-3-13(10-4-5-11(15)12(16)6-10)19-14(21)7-20-9-17-8-18-20/h4-6,8-9,13H,2-3,7H2,1H3,(H,19,21)/t13-/m1/s1. The molecule has 0 spiro atoms. The van der Waals surface area contributed by atoms with Gasteiger partial charge in [-0.15, -0.1) is 0 Å². The molecule has 5 nitrogen and oxygen atoms in total. The molecule has 0 fully saturated rings. The molecule has 7 heteroatoms. The molecule has 1 atom stereocenters. The van der Waals surface area contributed by atoms with Crippen LogP contribution in [0.1, 0.15) is 31.4 Å². The van der Waals surface area contributed by atoms with E-state index in [0.29, 0.717) is 10.0 Å². The monoisotopic (exact) mass is 326 g/mol. The Balaban J connectivity index is 2.07. The normalized spacial score (nSPS) is 12.1. The van der Waals surface area contributed by atoms with Crippen molar-refractivity contribution in [3.8, 4) is 0 Å². The van der Waals surface area contributed by atoms with Crippen LogP contribution in [0.2, 0.25) is 10.0 Å². The van der Waals surface area contributed by atoms with Gasteiger partial charge in [0.05, 0.1) is 16.1 Å². The Morgan fingerprint density at radius 2 is 2.19 bits per heavy atom. The molecule has 21 heavy (non-hydrogen) atoms. The van der Waals surface area contributed by atoms with Crippen molar-refractivity contribution in [1.82, 2.24) is 20.1 Å². The van der Waals surface area contributed by atoms with E-state index in [2.05, 4.69) is 22.3 Å². The van der Waals surface area contributed by atoms with E-state index >= 15 is 0 Å². The zero-order valence-corrected chi connectivity index (χ0v) is 13.1. The molecule has 0 aliphatic rings.